The minimum atomic E-state index is 0.0158. The van der Waals surface area contributed by atoms with E-state index in [2.05, 4.69) is 10.2 Å². The molecule has 0 unspecified atom stereocenters. The van der Waals surface area contributed by atoms with Gasteiger partial charge in [0.25, 0.3) is 5.91 Å². The Bertz CT molecular complexity index is 574. The molecule has 2 heterocycles. The van der Waals surface area contributed by atoms with Gasteiger partial charge in [0.05, 0.1) is 5.69 Å². The maximum Gasteiger partial charge on any atom is 0.253 e. The third-order valence-electron chi connectivity index (χ3n) is 3.41. The number of carbonyl (C=O) groups excluding carboxylic acids is 1. The van der Waals surface area contributed by atoms with E-state index in [-0.39, 0.29) is 18.4 Å². The Morgan fingerprint density at radius 2 is 2.26 bits per heavy atom. The van der Waals surface area contributed by atoms with Gasteiger partial charge in [-0.15, -0.1) is 0 Å². The van der Waals surface area contributed by atoms with E-state index in [1.165, 1.54) is 0 Å². The molecule has 1 amide bonds. The summed E-state index contributed by atoms with van der Waals surface area (Å²) in [7, 11) is 0. The maximum atomic E-state index is 12.2. The highest BCUT2D eigenvalue weighted by molar-refractivity contribution is 5.95. The molecule has 98 valence electrons. The van der Waals surface area contributed by atoms with Gasteiger partial charge in [-0.05, 0) is 18.2 Å². The summed E-state index contributed by atoms with van der Waals surface area (Å²) < 4.78 is 0. The Hall–Kier alpha value is -2.14. The molecule has 1 saturated heterocycles. The number of aliphatic hydroxyl groups is 1. The normalized spacial score (nSPS) is 15.3. The molecule has 1 aliphatic rings. The quantitative estimate of drug-likeness (QED) is 0.866. The molecule has 19 heavy (non-hydrogen) atoms. The molecule has 3 rings (SSSR count). The average molecular weight is 257 g/mol. The summed E-state index contributed by atoms with van der Waals surface area (Å²) in [5, 5.41) is 15.8. The second-order valence-electron chi connectivity index (χ2n) is 4.80. The van der Waals surface area contributed by atoms with Crippen molar-refractivity contribution >= 4 is 5.91 Å². The van der Waals surface area contributed by atoms with Gasteiger partial charge in [-0.3, -0.25) is 9.89 Å². The molecule has 0 spiro atoms. The zero-order valence-corrected chi connectivity index (χ0v) is 10.4. The second kappa shape index (κ2) is 4.85. The van der Waals surface area contributed by atoms with Crippen molar-refractivity contribution in [1.29, 1.82) is 0 Å². The number of aromatic nitrogens is 2. The van der Waals surface area contributed by atoms with Crippen molar-refractivity contribution in [2.75, 3.05) is 19.7 Å². The molecule has 1 aromatic heterocycles. The topological polar surface area (TPSA) is 69.2 Å². The summed E-state index contributed by atoms with van der Waals surface area (Å²) in [6, 6.07) is 9.32. The van der Waals surface area contributed by atoms with Crippen molar-refractivity contribution in [1.82, 2.24) is 15.1 Å². The molecular formula is C14H15N3O2. The summed E-state index contributed by atoms with van der Waals surface area (Å²) in [4.78, 5) is 14.0. The summed E-state index contributed by atoms with van der Waals surface area (Å²) in [5.41, 5.74) is 2.41. The fourth-order valence-corrected chi connectivity index (χ4v) is 2.27. The van der Waals surface area contributed by atoms with E-state index < -0.39 is 0 Å². The van der Waals surface area contributed by atoms with Gasteiger partial charge in [0.1, 0.15) is 0 Å². The van der Waals surface area contributed by atoms with Crippen LogP contribution in [0, 0.1) is 5.92 Å². The summed E-state index contributed by atoms with van der Waals surface area (Å²) in [6.07, 6.45) is 1.76. The van der Waals surface area contributed by atoms with Crippen molar-refractivity contribution in [2.45, 2.75) is 0 Å². The Morgan fingerprint density at radius 3 is 2.95 bits per heavy atom. The summed E-state index contributed by atoms with van der Waals surface area (Å²) in [6.45, 7) is 1.43. The van der Waals surface area contributed by atoms with Gasteiger partial charge in [-0.1, -0.05) is 12.1 Å². The van der Waals surface area contributed by atoms with E-state index >= 15 is 0 Å². The Kier molecular flexibility index (Phi) is 3.05. The number of carbonyl (C=O) groups is 1. The van der Waals surface area contributed by atoms with Crippen LogP contribution in [0.3, 0.4) is 0 Å². The molecule has 1 fully saturated rings. The summed E-state index contributed by atoms with van der Waals surface area (Å²) in [5.74, 6) is 0.251. The van der Waals surface area contributed by atoms with E-state index in [0.29, 0.717) is 18.7 Å². The Morgan fingerprint density at radius 1 is 1.42 bits per heavy atom. The van der Waals surface area contributed by atoms with Crippen LogP contribution >= 0.6 is 0 Å². The molecular weight excluding hydrogens is 242 g/mol. The number of aromatic amines is 1. The van der Waals surface area contributed by atoms with Crippen LogP contribution in [0.15, 0.2) is 36.5 Å². The van der Waals surface area contributed by atoms with Crippen LogP contribution in [0.1, 0.15) is 10.4 Å². The molecule has 0 bridgehead atoms. The van der Waals surface area contributed by atoms with Crippen molar-refractivity contribution in [3.8, 4) is 11.3 Å². The largest absolute Gasteiger partial charge is 0.396 e. The third kappa shape index (κ3) is 2.24. The fourth-order valence-electron chi connectivity index (χ4n) is 2.27. The zero-order chi connectivity index (χ0) is 13.2. The monoisotopic (exact) mass is 257 g/mol. The van der Waals surface area contributed by atoms with E-state index in [1.807, 2.05) is 30.3 Å². The first-order valence-corrected chi connectivity index (χ1v) is 6.28. The number of benzene rings is 1. The number of hydrogen-bond donors (Lipinski definition) is 2. The molecule has 1 aromatic carbocycles. The predicted molar refractivity (Wildman–Crippen MR) is 70.5 cm³/mol. The van der Waals surface area contributed by atoms with Crippen LogP contribution in [0.2, 0.25) is 0 Å². The lowest BCUT2D eigenvalue weighted by molar-refractivity contribution is 0.0362. The van der Waals surface area contributed by atoms with Gasteiger partial charge in [0.2, 0.25) is 0 Å². The Labute approximate surface area is 110 Å². The van der Waals surface area contributed by atoms with Gasteiger partial charge in [0, 0.05) is 42.9 Å². The fraction of sp³-hybridized carbons (Fsp3) is 0.286. The van der Waals surface area contributed by atoms with Crippen LogP contribution in [0.4, 0.5) is 0 Å². The molecule has 1 aliphatic heterocycles. The van der Waals surface area contributed by atoms with E-state index in [4.69, 9.17) is 5.11 Å². The number of hydrogen-bond acceptors (Lipinski definition) is 3. The SMILES string of the molecule is O=C(c1cccc(-c2cc[nH]n2)c1)N1CC(CO)C1. The minimum absolute atomic E-state index is 0.0158. The summed E-state index contributed by atoms with van der Waals surface area (Å²) >= 11 is 0. The average Bonchev–Trinajstić information content (AvgIpc) is 2.91. The van der Waals surface area contributed by atoms with Crippen molar-refractivity contribution < 1.29 is 9.90 Å². The molecule has 5 nitrogen and oxygen atoms in total. The van der Waals surface area contributed by atoms with Crippen molar-refractivity contribution in [2.24, 2.45) is 5.92 Å². The molecule has 0 aliphatic carbocycles. The molecule has 0 saturated carbocycles. The van der Waals surface area contributed by atoms with Crippen molar-refractivity contribution in [3.63, 3.8) is 0 Å². The lowest BCUT2D eigenvalue weighted by Gasteiger charge is -2.38. The van der Waals surface area contributed by atoms with Gasteiger partial charge in [-0.25, -0.2) is 0 Å². The van der Waals surface area contributed by atoms with E-state index in [0.717, 1.165) is 11.3 Å². The molecule has 2 aromatic rings. The van der Waals surface area contributed by atoms with Crippen LogP contribution in [0.5, 0.6) is 0 Å². The van der Waals surface area contributed by atoms with Crippen molar-refractivity contribution in [3.05, 3.63) is 42.1 Å². The number of amides is 1. The predicted octanol–water partition coefficient (Wildman–Crippen LogP) is 1.14. The highest BCUT2D eigenvalue weighted by atomic mass is 16.3. The van der Waals surface area contributed by atoms with Crippen LogP contribution < -0.4 is 0 Å². The highest BCUT2D eigenvalue weighted by Gasteiger charge is 2.30. The lowest BCUT2D eigenvalue weighted by atomic mass is 9.99. The third-order valence-corrected chi connectivity index (χ3v) is 3.41. The number of H-pyrrole nitrogens is 1. The second-order valence-corrected chi connectivity index (χ2v) is 4.80. The van der Waals surface area contributed by atoms with Gasteiger partial charge in [0.15, 0.2) is 0 Å². The first kappa shape index (κ1) is 11.9. The van der Waals surface area contributed by atoms with Gasteiger partial charge < -0.3 is 10.0 Å². The van der Waals surface area contributed by atoms with Crippen LogP contribution in [0.25, 0.3) is 11.3 Å². The Balaban J connectivity index is 1.78. The smallest absolute Gasteiger partial charge is 0.253 e. The molecule has 0 radical (unpaired) electrons. The molecule has 5 heteroatoms. The first-order chi connectivity index (χ1) is 9.28. The van der Waals surface area contributed by atoms with Gasteiger partial charge >= 0.3 is 0 Å². The van der Waals surface area contributed by atoms with Gasteiger partial charge in [-0.2, -0.15) is 5.10 Å². The van der Waals surface area contributed by atoms with Crippen LogP contribution in [-0.2, 0) is 0 Å². The van der Waals surface area contributed by atoms with E-state index in [1.54, 1.807) is 11.1 Å². The number of aliphatic hydroxyl groups excluding tert-OH is 1. The highest BCUT2D eigenvalue weighted by Crippen LogP contribution is 2.21. The molecule has 0 atom stereocenters. The standard InChI is InChI=1S/C14H15N3O2/c18-9-10-7-17(8-10)14(19)12-3-1-2-11(6-12)13-4-5-15-16-13/h1-6,10,18H,7-9H2,(H,15,16). The minimum Gasteiger partial charge on any atom is -0.396 e. The maximum absolute atomic E-state index is 12.2. The van der Waals surface area contributed by atoms with E-state index in [9.17, 15) is 4.79 Å². The molecule has 2 N–H and O–H groups in total. The number of nitrogens with one attached hydrogen (secondary N) is 1. The number of rotatable bonds is 3. The number of likely N-dealkylation sites (tertiary alicyclic amines) is 1. The first-order valence-electron chi connectivity index (χ1n) is 6.28. The lowest BCUT2D eigenvalue weighted by Crippen LogP contribution is -2.51. The van der Waals surface area contributed by atoms with Crippen LogP contribution in [-0.4, -0.2) is 45.8 Å². The number of nitrogens with zero attached hydrogens (tertiary/aromatic N) is 2. The zero-order valence-electron chi connectivity index (χ0n) is 10.4.